The van der Waals surface area contributed by atoms with Crippen molar-refractivity contribution in [3.05, 3.63) is 54.0 Å². The molecule has 0 aliphatic carbocycles. The third-order valence-electron chi connectivity index (χ3n) is 6.21. The number of benzene rings is 1. The smallest absolute Gasteiger partial charge is 0.254 e. The first kappa shape index (κ1) is 35.1. The maximum absolute atomic E-state index is 12.1. The van der Waals surface area contributed by atoms with Gasteiger partial charge in [-0.15, -0.1) is 0 Å². The number of rotatable bonds is 19. The molecule has 0 unspecified atom stereocenters. The average molecular weight is 606 g/mol. The van der Waals surface area contributed by atoms with Crippen LogP contribution in [0.1, 0.15) is 16.1 Å². The van der Waals surface area contributed by atoms with Crippen molar-refractivity contribution in [3.8, 4) is 5.75 Å². The summed E-state index contributed by atoms with van der Waals surface area (Å²) < 4.78 is 10.8. The van der Waals surface area contributed by atoms with E-state index in [1.165, 1.54) is 11.2 Å². The largest absolute Gasteiger partial charge is 0.492 e. The summed E-state index contributed by atoms with van der Waals surface area (Å²) in [5.74, 6) is 1.03. The predicted octanol–water partition coefficient (Wildman–Crippen LogP) is -3.09. The van der Waals surface area contributed by atoms with Gasteiger partial charge in [-0.2, -0.15) is 0 Å². The van der Waals surface area contributed by atoms with E-state index in [-0.39, 0.29) is 24.0 Å². The van der Waals surface area contributed by atoms with E-state index < -0.39 is 75.1 Å². The Balaban J connectivity index is 2.02. The summed E-state index contributed by atoms with van der Waals surface area (Å²) in [6.45, 7) is -2.60. The molecule has 0 spiro atoms. The lowest BCUT2D eigenvalue weighted by Crippen LogP contribution is -2.53. The Morgan fingerprint density at radius 2 is 1.37 bits per heavy atom. The molecule has 232 valence electrons. The first-order chi connectivity index (χ1) is 19.5. The van der Waals surface area contributed by atoms with E-state index >= 15 is 0 Å². The fourth-order valence-electron chi connectivity index (χ4n) is 3.76. The topological polar surface area (TPSA) is 245 Å². The fraction of sp³-hybridized carbons (Fsp3) is 0.577. The minimum absolute atomic E-state index is 0.0131. The third-order valence-corrected chi connectivity index (χ3v) is 7.15. The van der Waals surface area contributed by atoms with E-state index in [1.807, 2.05) is 0 Å². The maximum atomic E-state index is 12.1. The summed E-state index contributed by atoms with van der Waals surface area (Å²) in [6.07, 6.45) is -12.9. The summed E-state index contributed by atoms with van der Waals surface area (Å²) in [7, 11) is 0. The van der Waals surface area contributed by atoms with Gasteiger partial charge in [-0.1, -0.05) is 23.9 Å². The van der Waals surface area contributed by atoms with Crippen molar-refractivity contribution >= 4 is 16.9 Å². The van der Waals surface area contributed by atoms with Gasteiger partial charge in [-0.3, -0.25) is 9.69 Å². The van der Waals surface area contributed by atoms with Crippen molar-refractivity contribution in [1.29, 1.82) is 0 Å². The number of nitrogens with zero attached hydrogens (tertiary/aromatic N) is 1. The molecule has 2 rings (SSSR count). The second-order valence-electron chi connectivity index (χ2n) is 9.41. The monoisotopic (exact) mass is 605 g/mol. The van der Waals surface area contributed by atoms with Gasteiger partial charge in [0.2, 0.25) is 0 Å². The summed E-state index contributed by atoms with van der Waals surface area (Å²) in [6, 6.07) is 10.1. The molecule has 0 radical (unpaired) electrons. The molecule has 14 nitrogen and oxygen atoms in total. The molecule has 0 fully saturated rings. The van der Waals surface area contributed by atoms with Gasteiger partial charge in [0, 0.05) is 25.4 Å². The molecule has 0 aliphatic rings. The van der Waals surface area contributed by atoms with E-state index in [4.69, 9.17) is 19.4 Å². The van der Waals surface area contributed by atoms with Gasteiger partial charge in [0.15, 0.2) is 5.76 Å². The summed E-state index contributed by atoms with van der Waals surface area (Å²) >= 11 is 1.05. The van der Waals surface area contributed by atoms with E-state index in [2.05, 4.69) is 0 Å². The van der Waals surface area contributed by atoms with Crippen LogP contribution in [-0.2, 0) is 5.75 Å². The molecule has 1 aromatic heterocycles. The molecule has 0 aliphatic heterocycles. The van der Waals surface area contributed by atoms with E-state index in [0.717, 1.165) is 17.3 Å². The molecule has 0 bridgehead atoms. The SMILES string of the molecule is O=C(SCc1cccc(OCCN(C[C@@H](O)[C@@H](O)[C@H](O)[C@H](O)CO)C[C@@H](O)[C@@H](O)[C@H](O)[C@H](O)CO)c1)c1ccco1. The summed E-state index contributed by atoms with van der Waals surface area (Å²) in [5.41, 5.74) is 0.786. The van der Waals surface area contributed by atoms with Crippen molar-refractivity contribution in [2.75, 3.05) is 39.5 Å². The number of aliphatic hydroxyl groups is 10. The minimum atomic E-state index is -1.89. The highest BCUT2D eigenvalue weighted by Crippen LogP contribution is 2.21. The maximum Gasteiger partial charge on any atom is 0.254 e. The van der Waals surface area contributed by atoms with Crippen LogP contribution in [0.3, 0.4) is 0 Å². The fourth-order valence-corrected chi connectivity index (χ4v) is 4.50. The lowest BCUT2D eigenvalue weighted by molar-refractivity contribution is -0.130. The first-order valence-corrected chi connectivity index (χ1v) is 13.8. The zero-order chi connectivity index (χ0) is 30.5. The van der Waals surface area contributed by atoms with Crippen LogP contribution < -0.4 is 4.74 Å². The molecular formula is C26H39NO13S. The molecule has 1 aromatic carbocycles. The number of ether oxygens (including phenoxy) is 1. The Bertz CT molecular complexity index is 983. The lowest BCUT2D eigenvalue weighted by atomic mass is 10.0. The second-order valence-corrected chi connectivity index (χ2v) is 10.4. The van der Waals surface area contributed by atoms with Gasteiger partial charge in [-0.25, -0.2) is 0 Å². The normalized spacial score (nSPS) is 17.8. The summed E-state index contributed by atoms with van der Waals surface area (Å²) in [5, 5.41) is 97.9. The number of thioether (sulfide) groups is 1. The van der Waals surface area contributed by atoms with Crippen molar-refractivity contribution in [3.63, 3.8) is 0 Å². The number of carbonyl (C=O) groups excluding carboxylic acids is 1. The quantitative estimate of drug-likeness (QED) is 0.0762. The van der Waals surface area contributed by atoms with Crippen LogP contribution in [0, 0.1) is 0 Å². The standard InChI is InChI=1S/C26H39NO13S/c28-12-19(32)24(36)22(34)17(30)10-27(11-18(31)23(35)25(37)20(33)13-29)6-8-39-16-4-1-3-15(9-16)14-41-26(38)21-5-2-7-40-21/h1-5,7,9,17-20,22-25,28-37H,6,8,10-14H2/t17-,18-,19-,20-,22-,23-,24-,25-/m1/s1. The van der Waals surface area contributed by atoms with Crippen LogP contribution in [0.15, 0.2) is 47.1 Å². The molecule has 1 heterocycles. The number of hydrogen-bond acceptors (Lipinski definition) is 15. The Morgan fingerprint density at radius 3 is 1.88 bits per heavy atom. The molecule has 10 N–H and O–H groups in total. The number of carbonyl (C=O) groups is 1. The van der Waals surface area contributed by atoms with Crippen LogP contribution in [0.4, 0.5) is 0 Å². The average Bonchev–Trinajstić information content (AvgIpc) is 3.53. The van der Waals surface area contributed by atoms with Crippen molar-refractivity contribution in [1.82, 2.24) is 4.90 Å². The zero-order valence-electron chi connectivity index (χ0n) is 22.2. The molecule has 41 heavy (non-hydrogen) atoms. The van der Waals surface area contributed by atoms with Gasteiger partial charge in [-0.05, 0) is 29.8 Å². The first-order valence-electron chi connectivity index (χ1n) is 12.8. The Labute approximate surface area is 240 Å². The van der Waals surface area contributed by atoms with Gasteiger partial charge in [0.25, 0.3) is 5.12 Å². The van der Waals surface area contributed by atoms with Gasteiger partial charge in [0.05, 0.1) is 31.7 Å². The third kappa shape index (κ3) is 11.2. The molecule has 8 atom stereocenters. The van der Waals surface area contributed by atoms with Crippen LogP contribution in [0.5, 0.6) is 5.75 Å². The number of aliphatic hydroxyl groups excluding tert-OH is 10. The van der Waals surface area contributed by atoms with E-state index in [0.29, 0.717) is 11.5 Å². The molecule has 0 amide bonds. The van der Waals surface area contributed by atoms with Crippen LogP contribution in [-0.4, -0.2) is 149 Å². The van der Waals surface area contributed by atoms with Crippen LogP contribution >= 0.6 is 11.8 Å². The summed E-state index contributed by atoms with van der Waals surface area (Å²) in [4.78, 5) is 13.5. The molecule has 0 saturated heterocycles. The molecule has 15 heteroatoms. The predicted molar refractivity (Wildman–Crippen MR) is 145 cm³/mol. The van der Waals surface area contributed by atoms with Crippen molar-refractivity contribution in [2.45, 2.75) is 54.6 Å². The van der Waals surface area contributed by atoms with E-state index in [9.17, 15) is 45.6 Å². The zero-order valence-corrected chi connectivity index (χ0v) is 23.0. The highest BCUT2D eigenvalue weighted by molar-refractivity contribution is 8.13. The van der Waals surface area contributed by atoms with Crippen molar-refractivity contribution in [2.24, 2.45) is 0 Å². The van der Waals surface area contributed by atoms with Crippen molar-refractivity contribution < 1.29 is 65.0 Å². The highest BCUT2D eigenvalue weighted by atomic mass is 32.2. The van der Waals surface area contributed by atoms with E-state index in [1.54, 1.807) is 36.4 Å². The van der Waals surface area contributed by atoms with Gasteiger partial charge >= 0.3 is 0 Å². The Kier molecular flexibility index (Phi) is 15.2. The lowest BCUT2D eigenvalue weighted by Gasteiger charge is -2.33. The second kappa shape index (κ2) is 17.7. The van der Waals surface area contributed by atoms with Gasteiger partial charge < -0.3 is 60.2 Å². The minimum Gasteiger partial charge on any atom is -0.492 e. The van der Waals surface area contributed by atoms with Gasteiger partial charge in [0.1, 0.15) is 49.0 Å². The molecule has 2 aromatic rings. The molecular weight excluding hydrogens is 566 g/mol. The molecule has 0 saturated carbocycles. The highest BCUT2D eigenvalue weighted by Gasteiger charge is 2.34. The Morgan fingerprint density at radius 1 is 0.805 bits per heavy atom. The van der Waals surface area contributed by atoms with Crippen LogP contribution in [0.25, 0.3) is 0 Å². The number of hydrogen-bond donors (Lipinski definition) is 10. The van der Waals surface area contributed by atoms with Crippen LogP contribution in [0.2, 0.25) is 0 Å². The number of furan rings is 1. The Hall–Kier alpha value is -2.12.